The molecule has 0 atom stereocenters. The van der Waals surface area contributed by atoms with Gasteiger partial charge in [0.05, 0.1) is 5.56 Å². The molecule has 0 spiro atoms. The number of nitrogens with two attached hydrogens (primary N) is 1. The van der Waals surface area contributed by atoms with Crippen molar-refractivity contribution in [1.82, 2.24) is 4.90 Å². The van der Waals surface area contributed by atoms with E-state index in [1.165, 1.54) is 0 Å². The molecular formula is C12H17ClN2O. The van der Waals surface area contributed by atoms with Crippen LogP contribution in [-0.4, -0.2) is 23.4 Å². The summed E-state index contributed by atoms with van der Waals surface area (Å²) >= 11 is 5.86. The van der Waals surface area contributed by atoms with Crippen molar-refractivity contribution in [3.63, 3.8) is 0 Å². The first kappa shape index (κ1) is 12.8. The summed E-state index contributed by atoms with van der Waals surface area (Å²) in [5.41, 5.74) is 6.72. The number of carbonyl (C=O) groups is 1. The molecule has 1 aromatic carbocycles. The van der Waals surface area contributed by atoms with E-state index in [9.17, 15) is 4.79 Å². The Kier molecular flexibility index (Phi) is 4.19. The van der Waals surface area contributed by atoms with Gasteiger partial charge in [-0.25, -0.2) is 0 Å². The third-order valence-electron chi connectivity index (χ3n) is 2.47. The van der Waals surface area contributed by atoms with Crippen LogP contribution in [0.25, 0.3) is 0 Å². The molecule has 0 unspecified atom stereocenters. The molecule has 4 heteroatoms. The summed E-state index contributed by atoms with van der Waals surface area (Å²) in [4.78, 5) is 13.9. The van der Waals surface area contributed by atoms with Crippen molar-refractivity contribution < 1.29 is 4.79 Å². The Bertz CT molecular complexity index is 391. The Morgan fingerprint density at radius 3 is 2.62 bits per heavy atom. The molecule has 2 N–H and O–H groups in total. The third-order valence-corrected chi connectivity index (χ3v) is 2.71. The number of benzene rings is 1. The van der Waals surface area contributed by atoms with Crippen LogP contribution in [0.1, 0.15) is 31.1 Å². The lowest BCUT2D eigenvalue weighted by Gasteiger charge is -2.25. The first-order chi connectivity index (χ1) is 7.47. The molecule has 0 aromatic heterocycles. The Hall–Kier alpha value is -1.22. The first-order valence-electron chi connectivity index (χ1n) is 5.33. The van der Waals surface area contributed by atoms with E-state index in [-0.39, 0.29) is 11.9 Å². The lowest BCUT2D eigenvalue weighted by Crippen LogP contribution is -2.37. The number of carbonyl (C=O) groups excluding carboxylic acids is 1. The predicted molar refractivity (Wildman–Crippen MR) is 67.7 cm³/mol. The summed E-state index contributed by atoms with van der Waals surface area (Å²) in [6, 6.07) is 5.10. The summed E-state index contributed by atoms with van der Waals surface area (Å²) in [5.74, 6) is -0.0718. The fourth-order valence-corrected chi connectivity index (χ4v) is 1.78. The van der Waals surface area contributed by atoms with E-state index in [0.29, 0.717) is 22.8 Å². The van der Waals surface area contributed by atoms with Crippen LogP contribution in [0.15, 0.2) is 18.2 Å². The highest BCUT2D eigenvalue weighted by atomic mass is 35.5. The van der Waals surface area contributed by atoms with Gasteiger partial charge in [-0.15, -0.1) is 0 Å². The van der Waals surface area contributed by atoms with Crippen molar-refractivity contribution >= 4 is 23.2 Å². The quantitative estimate of drug-likeness (QED) is 0.826. The van der Waals surface area contributed by atoms with E-state index in [1.807, 2.05) is 20.8 Å². The van der Waals surface area contributed by atoms with Gasteiger partial charge in [-0.2, -0.15) is 0 Å². The summed E-state index contributed by atoms with van der Waals surface area (Å²) < 4.78 is 0. The second-order valence-corrected chi connectivity index (χ2v) is 4.35. The van der Waals surface area contributed by atoms with Crippen LogP contribution in [0.4, 0.5) is 5.69 Å². The molecule has 0 saturated heterocycles. The monoisotopic (exact) mass is 240 g/mol. The Labute approximate surface area is 101 Å². The van der Waals surface area contributed by atoms with Gasteiger partial charge in [0.2, 0.25) is 0 Å². The predicted octanol–water partition coefficient (Wildman–Crippen LogP) is 2.79. The van der Waals surface area contributed by atoms with Gasteiger partial charge in [0.15, 0.2) is 0 Å². The van der Waals surface area contributed by atoms with Crippen LogP contribution < -0.4 is 5.73 Å². The van der Waals surface area contributed by atoms with Crippen molar-refractivity contribution in [3.05, 3.63) is 28.8 Å². The van der Waals surface area contributed by atoms with Gasteiger partial charge in [-0.1, -0.05) is 11.6 Å². The summed E-state index contributed by atoms with van der Waals surface area (Å²) in [6.45, 7) is 6.55. The molecule has 0 saturated carbocycles. The van der Waals surface area contributed by atoms with Crippen LogP contribution in [-0.2, 0) is 0 Å². The highest BCUT2D eigenvalue weighted by molar-refractivity contribution is 6.31. The van der Waals surface area contributed by atoms with E-state index < -0.39 is 0 Å². The zero-order chi connectivity index (χ0) is 12.3. The highest BCUT2D eigenvalue weighted by Crippen LogP contribution is 2.20. The Morgan fingerprint density at radius 1 is 1.50 bits per heavy atom. The minimum Gasteiger partial charge on any atom is -0.398 e. The second-order valence-electron chi connectivity index (χ2n) is 3.92. The lowest BCUT2D eigenvalue weighted by molar-refractivity contribution is 0.0718. The van der Waals surface area contributed by atoms with E-state index >= 15 is 0 Å². The molecule has 88 valence electrons. The van der Waals surface area contributed by atoms with Crippen molar-refractivity contribution in [2.45, 2.75) is 26.8 Å². The lowest BCUT2D eigenvalue weighted by atomic mass is 10.1. The number of hydrogen-bond acceptors (Lipinski definition) is 2. The summed E-state index contributed by atoms with van der Waals surface area (Å²) in [6.07, 6.45) is 0. The average molecular weight is 241 g/mol. The van der Waals surface area contributed by atoms with Crippen LogP contribution in [0.3, 0.4) is 0 Å². The molecule has 3 nitrogen and oxygen atoms in total. The first-order valence-corrected chi connectivity index (χ1v) is 5.71. The van der Waals surface area contributed by atoms with Crippen LogP contribution in [0.5, 0.6) is 0 Å². The van der Waals surface area contributed by atoms with Crippen molar-refractivity contribution in [1.29, 1.82) is 0 Å². The number of nitrogen functional groups attached to an aromatic ring is 1. The van der Waals surface area contributed by atoms with Crippen LogP contribution in [0, 0.1) is 0 Å². The SMILES string of the molecule is CCN(C(=O)c1cc(Cl)ccc1N)C(C)C. The molecule has 1 amide bonds. The van der Waals surface area contributed by atoms with Gasteiger partial charge in [-0.3, -0.25) is 4.79 Å². The van der Waals surface area contributed by atoms with Gasteiger partial charge < -0.3 is 10.6 Å². The van der Waals surface area contributed by atoms with Crippen molar-refractivity contribution in [2.24, 2.45) is 0 Å². The number of rotatable bonds is 3. The Balaban J connectivity index is 3.08. The van der Waals surface area contributed by atoms with Crippen LogP contribution >= 0.6 is 11.6 Å². The molecule has 0 bridgehead atoms. The molecule has 0 aliphatic heterocycles. The molecular weight excluding hydrogens is 224 g/mol. The van der Waals surface area contributed by atoms with E-state index in [1.54, 1.807) is 23.1 Å². The van der Waals surface area contributed by atoms with Gasteiger partial charge in [-0.05, 0) is 39.0 Å². The third kappa shape index (κ3) is 2.67. The summed E-state index contributed by atoms with van der Waals surface area (Å²) in [7, 11) is 0. The van der Waals surface area contributed by atoms with Crippen molar-refractivity contribution in [3.8, 4) is 0 Å². The minimum atomic E-state index is -0.0718. The van der Waals surface area contributed by atoms with Crippen LogP contribution in [0.2, 0.25) is 5.02 Å². The molecule has 1 aromatic rings. The fourth-order valence-electron chi connectivity index (χ4n) is 1.61. The maximum absolute atomic E-state index is 12.2. The highest BCUT2D eigenvalue weighted by Gasteiger charge is 2.19. The zero-order valence-corrected chi connectivity index (χ0v) is 10.6. The van der Waals surface area contributed by atoms with Gasteiger partial charge in [0.25, 0.3) is 5.91 Å². The maximum atomic E-state index is 12.2. The number of hydrogen-bond donors (Lipinski definition) is 1. The topological polar surface area (TPSA) is 46.3 Å². The number of amides is 1. The Morgan fingerprint density at radius 2 is 2.12 bits per heavy atom. The number of halogens is 1. The van der Waals surface area contributed by atoms with Gasteiger partial charge in [0.1, 0.15) is 0 Å². The zero-order valence-electron chi connectivity index (χ0n) is 9.83. The molecule has 0 heterocycles. The minimum absolute atomic E-state index is 0.0718. The molecule has 16 heavy (non-hydrogen) atoms. The molecule has 0 aliphatic rings. The van der Waals surface area contributed by atoms with E-state index in [0.717, 1.165) is 0 Å². The maximum Gasteiger partial charge on any atom is 0.256 e. The standard InChI is InChI=1S/C12H17ClN2O/c1-4-15(8(2)3)12(16)10-7-9(13)5-6-11(10)14/h5-8H,4,14H2,1-3H3. The second kappa shape index (κ2) is 5.21. The molecule has 0 aliphatic carbocycles. The molecule has 0 fully saturated rings. The molecule has 0 radical (unpaired) electrons. The smallest absolute Gasteiger partial charge is 0.256 e. The fraction of sp³-hybridized carbons (Fsp3) is 0.417. The largest absolute Gasteiger partial charge is 0.398 e. The molecule has 1 rings (SSSR count). The average Bonchev–Trinajstić information content (AvgIpc) is 2.22. The van der Waals surface area contributed by atoms with Gasteiger partial charge >= 0.3 is 0 Å². The van der Waals surface area contributed by atoms with Gasteiger partial charge in [0, 0.05) is 23.3 Å². The normalized spacial score (nSPS) is 10.6. The number of anilines is 1. The van der Waals surface area contributed by atoms with Crippen molar-refractivity contribution in [2.75, 3.05) is 12.3 Å². The summed E-state index contributed by atoms with van der Waals surface area (Å²) in [5, 5.41) is 0.525. The van der Waals surface area contributed by atoms with E-state index in [4.69, 9.17) is 17.3 Å². The number of nitrogens with zero attached hydrogens (tertiary/aromatic N) is 1. The van der Waals surface area contributed by atoms with E-state index in [2.05, 4.69) is 0 Å².